The van der Waals surface area contributed by atoms with Gasteiger partial charge in [-0.25, -0.2) is 9.59 Å². The van der Waals surface area contributed by atoms with Crippen LogP contribution in [0.5, 0.6) is 0 Å². The minimum absolute atomic E-state index is 0.409. The molecule has 4 nitrogen and oxygen atoms in total. The highest BCUT2D eigenvalue weighted by Gasteiger charge is 2.34. The number of methoxy groups -OCH3 is 2. The van der Waals surface area contributed by atoms with E-state index in [2.05, 4.69) is 33.5 Å². The lowest BCUT2D eigenvalue weighted by atomic mass is 9.87. The van der Waals surface area contributed by atoms with Gasteiger partial charge in [-0.3, -0.25) is 0 Å². The minimum Gasteiger partial charge on any atom is -0.465 e. The second-order valence-electron chi connectivity index (χ2n) is 7.60. The van der Waals surface area contributed by atoms with Crippen molar-refractivity contribution >= 4 is 25.2 Å². The summed E-state index contributed by atoms with van der Waals surface area (Å²) in [4.78, 5) is 25.4. The summed E-state index contributed by atoms with van der Waals surface area (Å²) in [5.74, 6) is -0.884. The maximum Gasteiger partial charge on any atom is 0.339 e. The standard InChI is InChI=1S/C21H34O4Si/c1-9-12-13-16-18(21(23)25-5)17(20(22)24-4)14(10-2)15(11-3)19(16)26(6,7)8/h9-13H2,1-8H3. The number of carbonyl (C=O) groups excluding carboxylic acids is 2. The van der Waals surface area contributed by atoms with Crippen molar-refractivity contribution in [3.05, 3.63) is 27.8 Å². The van der Waals surface area contributed by atoms with E-state index in [4.69, 9.17) is 9.47 Å². The Morgan fingerprint density at radius 1 is 0.808 bits per heavy atom. The zero-order valence-electron chi connectivity index (χ0n) is 17.7. The van der Waals surface area contributed by atoms with E-state index in [0.29, 0.717) is 17.5 Å². The molecule has 0 aliphatic carbocycles. The van der Waals surface area contributed by atoms with Gasteiger partial charge in [0.15, 0.2) is 0 Å². The first-order valence-corrected chi connectivity index (χ1v) is 13.1. The molecule has 0 atom stereocenters. The highest BCUT2D eigenvalue weighted by Crippen LogP contribution is 2.29. The van der Waals surface area contributed by atoms with Crippen molar-refractivity contribution in [2.45, 2.75) is 72.5 Å². The summed E-state index contributed by atoms with van der Waals surface area (Å²) in [5, 5.41) is 1.32. The smallest absolute Gasteiger partial charge is 0.339 e. The SMILES string of the molecule is CCCCc1c(C(=O)OC)c(C(=O)OC)c(CC)c(CC)c1[Si](C)(C)C. The molecule has 1 rings (SSSR count). The third-order valence-corrected chi connectivity index (χ3v) is 6.94. The van der Waals surface area contributed by atoms with Crippen molar-refractivity contribution in [2.24, 2.45) is 0 Å². The molecule has 1 aromatic carbocycles. The van der Waals surface area contributed by atoms with E-state index >= 15 is 0 Å². The number of rotatable bonds is 8. The summed E-state index contributed by atoms with van der Waals surface area (Å²) in [6.45, 7) is 13.2. The van der Waals surface area contributed by atoms with Gasteiger partial charge in [0.25, 0.3) is 0 Å². The number of ether oxygens (including phenoxy) is 2. The number of unbranched alkanes of at least 4 members (excludes halogenated alkanes) is 1. The van der Waals surface area contributed by atoms with Gasteiger partial charge in [-0.05, 0) is 42.4 Å². The average Bonchev–Trinajstić information content (AvgIpc) is 2.61. The molecular weight excluding hydrogens is 344 g/mol. The molecule has 0 heterocycles. The van der Waals surface area contributed by atoms with E-state index < -0.39 is 20.0 Å². The highest BCUT2D eigenvalue weighted by atomic mass is 28.3. The Labute approximate surface area is 159 Å². The number of carbonyl (C=O) groups is 2. The maximum absolute atomic E-state index is 12.8. The van der Waals surface area contributed by atoms with Crippen LogP contribution in [0.3, 0.4) is 0 Å². The van der Waals surface area contributed by atoms with Crippen molar-refractivity contribution in [3.63, 3.8) is 0 Å². The highest BCUT2D eigenvalue weighted by molar-refractivity contribution is 6.89. The molecule has 1 aromatic rings. The maximum atomic E-state index is 12.8. The van der Waals surface area contributed by atoms with E-state index in [0.717, 1.165) is 36.8 Å². The summed E-state index contributed by atoms with van der Waals surface area (Å²) in [6.07, 6.45) is 4.30. The molecule has 0 saturated carbocycles. The molecule has 0 spiro atoms. The number of esters is 2. The van der Waals surface area contributed by atoms with Crippen molar-refractivity contribution in [1.82, 2.24) is 0 Å². The fourth-order valence-corrected chi connectivity index (χ4v) is 6.24. The number of hydrogen-bond acceptors (Lipinski definition) is 4. The van der Waals surface area contributed by atoms with Crippen LogP contribution in [0.15, 0.2) is 0 Å². The predicted molar refractivity (Wildman–Crippen MR) is 109 cm³/mol. The Kier molecular flexibility index (Phi) is 8.06. The van der Waals surface area contributed by atoms with Gasteiger partial charge >= 0.3 is 11.9 Å². The van der Waals surface area contributed by atoms with Crippen LogP contribution in [-0.2, 0) is 28.7 Å². The van der Waals surface area contributed by atoms with Crippen molar-refractivity contribution in [2.75, 3.05) is 14.2 Å². The van der Waals surface area contributed by atoms with E-state index in [9.17, 15) is 9.59 Å². The van der Waals surface area contributed by atoms with Gasteiger partial charge in [0.05, 0.1) is 33.4 Å². The van der Waals surface area contributed by atoms with Gasteiger partial charge in [0.2, 0.25) is 0 Å². The van der Waals surface area contributed by atoms with Crippen LogP contribution in [0.1, 0.15) is 71.0 Å². The van der Waals surface area contributed by atoms with Gasteiger partial charge in [0.1, 0.15) is 0 Å². The van der Waals surface area contributed by atoms with Crippen LogP contribution in [0.2, 0.25) is 19.6 Å². The quantitative estimate of drug-likeness (QED) is 0.501. The number of hydrogen-bond donors (Lipinski definition) is 0. The summed E-state index contributed by atoms with van der Waals surface area (Å²) >= 11 is 0. The second kappa shape index (κ2) is 9.35. The van der Waals surface area contributed by atoms with E-state index in [1.807, 2.05) is 6.92 Å². The summed E-state index contributed by atoms with van der Waals surface area (Å²) < 4.78 is 10.2. The Bertz CT molecular complexity index is 672. The van der Waals surface area contributed by atoms with E-state index in [-0.39, 0.29) is 0 Å². The molecule has 0 radical (unpaired) electrons. The Hall–Kier alpha value is -1.62. The molecule has 26 heavy (non-hydrogen) atoms. The monoisotopic (exact) mass is 378 g/mol. The first kappa shape index (κ1) is 22.4. The van der Waals surface area contributed by atoms with Crippen LogP contribution in [0, 0.1) is 0 Å². The zero-order chi connectivity index (χ0) is 20.1. The zero-order valence-corrected chi connectivity index (χ0v) is 18.7. The molecule has 0 aromatic heterocycles. The van der Waals surface area contributed by atoms with Crippen LogP contribution in [0.25, 0.3) is 0 Å². The molecule has 5 heteroatoms. The molecule has 0 saturated heterocycles. The molecular formula is C21H34O4Si. The minimum atomic E-state index is -1.76. The topological polar surface area (TPSA) is 52.6 Å². The Morgan fingerprint density at radius 3 is 1.62 bits per heavy atom. The normalized spacial score (nSPS) is 11.4. The van der Waals surface area contributed by atoms with Gasteiger partial charge in [-0.15, -0.1) is 0 Å². The fourth-order valence-electron chi connectivity index (χ4n) is 3.85. The summed E-state index contributed by atoms with van der Waals surface area (Å²) in [5.41, 5.74) is 4.02. The van der Waals surface area contributed by atoms with Crippen molar-refractivity contribution < 1.29 is 19.1 Å². The van der Waals surface area contributed by atoms with Gasteiger partial charge < -0.3 is 9.47 Å². The third-order valence-electron chi connectivity index (χ3n) is 4.84. The largest absolute Gasteiger partial charge is 0.465 e. The summed E-state index contributed by atoms with van der Waals surface area (Å²) in [6, 6.07) is 0. The van der Waals surface area contributed by atoms with Gasteiger partial charge in [0, 0.05) is 0 Å². The summed E-state index contributed by atoms with van der Waals surface area (Å²) in [7, 11) is 0.984. The van der Waals surface area contributed by atoms with Crippen LogP contribution >= 0.6 is 0 Å². The first-order chi connectivity index (χ1) is 12.2. The van der Waals surface area contributed by atoms with Crippen molar-refractivity contribution in [1.29, 1.82) is 0 Å². The molecule has 0 aliphatic rings. The van der Waals surface area contributed by atoms with Crippen LogP contribution in [-0.4, -0.2) is 34.2 Å². The molecule has 0 fully saturated rings. The van der Waals surface area contributed by atoms with E-state index in [1.54, 1.807) is 0 Å². The molecule has 0 amide bonds. The fraction of sp³-hybridized carbons (Fsp3) is 0.619. The predicted octanol–water partition coefficient (Wildman–Crippen LogP) is 4.27. The molecule has 0 N–H and O–H groups in total. The molecule has 0 bridgehead atoms. The van der Waals surface area contributed by atoms with E-state index in [1.165, 1.54) is 25.0 Å². The lowest BCUT2D eigenvalue weighted by Crippen LogP contribution is -2.45. The van der Waals surface area contributed by atoms with Crippen LogP contribution in [0.4, 0.5) is 0 Å². The van der Waals surface area contributed by atoms with Gasteiger partial charge in [-0.1, -0.05) is 52.0 Å². The first-order valence-electron chi connectivity index (χ1n) is 9.56. The number of benzene rings is 1. The Morgan fingerprint density at radius 2 is 1.27 bits per heavy atom. The second-order valence-corrected chi connectivity index (χ2v) is 12.6. The Balaban J connectivity index is 4.15. The molecule has 146 valence electrons. The lowest BCUT2D eigenvalue weighted by Gasteiger charge is -2.30. The third kappa shape index (κ3) is 4.37. The average molecular weight is 379 g/mol. The van der Waals surface area contributed by atoms with Crippen molar-refractivity contribution in [3.8, 4) is 0 Å². The van der Waals surface area contributed by atoms with Gasteiger partial charge in [-0.2, -0.15) is 0 Å². The molecule has 0 aliphatic heterocycles. The van der Waals surface area contributed by atoms with Crippen LogP contribution < -0.4 is 5.19 Å². The lowest BCUT2D eigenvalue weighted by molar-refractivity contribution is 0.0553. The molecule has 0 unspecified atom stereocenters.